The van der Waals surface area contributed by atoms with Crippen LogP contribution < -0.4 is 15.4 Å². The van der Waals surface area contributed by atoms with Gasteiger partial charge in [-0.15, -0.1) is 0 Å². The molecule has 0 atom stereocenters. The second-order valence-corrected chi connectivity index (χ2v) is 5.62. The molecular formula is C15H21ClN2O2. The number of ether oxygens (including phenoxy) is 1. The zero-order valence-electron chi connectivity index (χ0n) is 11.7. The van der Waals surface area contributed by atoms with E-state index >= 15 is 0 Å². The number of urea groups is 1. The molecule has 0 saturated heterocycles. The van der Waals surface area contributed by atoms with Gasteiger partial charge < -0.3 is 15.4 Å². The van der Waals surface area contributed by atoms with Gasteiger partial charge in [0.15, 0.2) is 0 Å². The zero-order valence-corrected chi connectivity index (χ0v) is 12.5. The number of amides is 2. The molecule has 2 rings (SSSR count). The Bertz CT molecular complexity index is 459. The highest BCUT2D eigenvalue weighted by Crippen LogP contribution is 2.27. The highest BCUT2D eigenvalue weighted by molar-refractivity contribution is 6.31. The Morgan fingerprint density at radius 3 is 2.80 bits per heavy atom. The Labute approximate surface area is 124 Å². The molecule has 4 nitrogen and oxygen atoms in total. The number of carbonyl (C=O) groups is 1. The van der Waals surface area contributed by atoms with Gasteiger partial charge in [-0.2, -0.15) is 0 Å². The molecule has 2 amide bonds. The summed E-state index contributed by atoms with van der Waals surface area (Å²) < 4.78 is 5.19. The number of rotatable bonds is 4. The molecule has 1 saturated carbocycles. The molecule has 0 unspecified atom stereocenters. The maximum atomic E-state index is 11.9. The highest BCUT2D eigenvalue weighted by atomic mass is 35.5. The molecule has 0 aliphatic heterocycles. The molecule has 110 valence electrons. The number of halogens is 1. The van der Waals surface area contributed by atoms with Crippen molar-refractivity contribution in [2.45, 2.75) is 32.1 Å². The summed E-state index contributed by atoms with van der Waals surface area (Å²) in [6.45, 7) is 0.731. The molecule has 1 aromatic rings. The number of carbonyl (C=O) groups excluding carboxylic acids is 1. The third kappa shape index (κ3) is 4.30. The molecular weight excluding hydrogens is 276 g/mol. The number of anilines is 1. The van der Waals surface area contributed by atoms with Crippen LogP contribution in [0.25, 0.3) is 0 Å². The van der Waals surface area contributed by atoms with Gasteiger partial charge in [-0.05, 0) is 37.0 Å². The van der Waals surface area contributed by atoms with E-state index in [1.807, 2.05) is 0 Å². The molecule has 20 heavy (non-hydrogen) atoms. The standard InChI is InChI=1S/C15H21ClN2O2/c1-20-14-8-7-12(16)9-13(14)18-15(19)17-10-11-5-3-2-4-6-11/h7-9,11H,2-6,10H2,1H3,(H2,17,18,19). The van der Waals surface area contributed by atoms with E-state index in [1.165, 1.54) is 32.1 Å². The minimum absolute atomic E-state index is 0.212. The Hall–Kier alpha value is -1.42. The number of methoxy groups -OCH3 is 1. The lowest BCUT2D eigenvalue weighted by Crippen LogP contribution is -2.33. The van der Waals surface area contributed by atoms with Crippen LogP contribution in [0.3, 0.4) is 0 Å². The van der Waals surface area contributed by atoms with E-state index in [0.29, 0.717) is 22.4 Å². The maximum Gasteiger partial charge on any atom is 0.319 e. The van der Waals surface area contributed by atoms with E-state index in [0.717, 1.165) is 6.54 Å². The van der Waals surface area contributed by atoms with Gasteiger partial charge in [-0.25, -0.2) is 4.79 Å². The van der Waals surface area contributed by atoms with Crippen molar-refractivity contribution in [2.75, 3.05) is 19.0 Å². The zero-order chi connectivity index (χ0) is 14.4. The van der Waals surface area contributed by atoms with Crippen LogP contribution in [-0.4, -0.2) is 19.7 Å². The average molecular weight is 297 g/mol. The van der Waals surface area contributed by atoms with Crippen LogP contribution in [0.5, 0.6) is 5.75 Å². The molecule has 0 spiro atoms. The van der Waals surface area contributed by atoms with Crippen molar-refractivity contribution in [1.29, 1.82) is 0 Å². The van der Waals surface area contributed by atoms with Crippen molar-refractivity contribution in [1.82, 2.24) is 5.32 Å². The van der Waals surface area contributed by atoms with E-state index in [4.69, 9.17) is 16.3 Å². The van der Waals surface area contributed by atoms with Gasteiger partial charge in [-0.1, -0.05) is 30.9 Å². The van der Waals surface area contributed by atoms with Gasteiger partial charge in [0.05, 0.1) is 12.8 Å². The van der Waals surface area contributed by atoms with E-state index in [-0.39, 0.29) is 6.03 Å². The normalized spacial score (nSPS) is 15.7. The van der Waals surface area contributed by atoms with Crippen molar-refractivity contribution in [3.05, 3.63) is 23.2 Å². The number of benzene rings is 1. The average Bonchev–Trinajstić information content (AvgIpc) is 2.46. The van der Waals surface area contributed by atoms with Crippen LogP contribution in [0.1, 0.15) is 32.1 Å². The Balaban J connectivity index is 1.86. The highest BCUT2D eigenvalue weighted by Gasteiger charge is 2.15. The van der Waals surface area contributed by atoms with Crippen LogP contribution in [0.4, 0.5) is 10.5 Å². The maximum absolute atomic E-state index is 11.9. The Kier molecular flexibility index (Phi) is 5.53. The minimum atomic E-state index is -0.212. The second kappa shape index (κ2) is 7.39. The smallest absolute Gasteiger partial charge is 0.319 e. The molecule has 0 aromatic heterocycles. The van der Waals surface area contributed by atoms with E-state index in [1.54, 1.807) is 25.3 Å². The summed E-state index contributed by atoms with van der Waals surface area (Å²) in [5, 5.41) is 6.27. The molecule has 1 aliphatic carbocycles. The quantitative estimate of drug-likeness (QED) is 0.880. The first-order valence-electron chi connectivity index (χ1n) is 7.07. The topological polar surface area (TPSA) is 50.4 Å². The molecule has 1 aromatic carbocycles. The van der Waals surface area contributed by atoms with Gasteiger partial charge in [0.25, 0.3) is 0 Å². The van der Waals surface area contributed by atoms with Crippen molar-refractivity contribution < 1.29 is 9.53 Å². The van der Waals surface area contributed by atoms with Gasteiger partial charge in [0.1, 0.15) is 5.75 Å². The fourth-order valence-electron chi connectivity index (χ4n) is 2.57. The number of hydrogen-bond acceptors (Lipinski definition) is 2. The van der Waals surface area contributed by atoms with Crippen molar-refractivity contribution >= 4 is 23.3 Å². The van der Waals surface area contributed by atoms with Gasteiger partial charge in [0.2, 0.25) is 0 Å². The van der Waals surface area contributed by atoms with Crippen LogP contribution in [0.2, 0.25) is 5.02 Å². The molecule has 0 heterocycles. The summed E-state index contributed by atoms with van der Waals surface area (Å²) in [7, 11) is 1.56. The third-order valence-electron chi connectivity index (χ3n) is 3.69. The predicted molar refractivity (Wildman–Crippen MR) is 81.6 cm³/mol. The lowest BCUT2D eigenvalue weighted by molar-refractivity contribution is 0.247. The number of nitrogens with one attached hydrogen (secondary N) is 2. The number of hydrogen-bond donors (Lipinski definition) is 2. The first-order valence-corrected chi connectivity index (χ1v) is 7.45. The molecule has 0 bridgehead atoms. The summed E-state index contributed by atoms with van der Waals surface area (Å²) in [6.07, 6.45) is 6.29. The first kappa shape index (κ1) is 15.0. The lowest BCUT2D eigenvalue weighted by atomic mass is 9.89. The summed E-state index contributed by atoms with van der Waals surface area (Å²) in [5.74, 6) is 1.21. The first-order chi connectivity index (χ1) is 9.69. The van der Waals surface area contributed by atoms with Crippen LogP contribution in [-0.2, 0) is 0 Å². The predicted octanol–water partition coefficient (Wildman–Crippen LogP) is 4.05. The fraction of sp³-hybridized carbons (Fsp3) is 0.533. The monoisotopic (exact) mass is 296 g/mol. The summed E-state index contributed by atoms with van der Waals surface area (Å²) >= 11 is 5.93. The second-order valence-electron chi connectivity index (χ2n) is 5.18. The summed E-state index contributed by atoms with van der Waals surface area (Å²) in [5.41, 5.74) is 0.584. The van der Waals surface area contributed by atoms with E-state index < -0.39 is 0 Å². The van der Waals surface area contributed by atoms with Crippen LogP contribution in [0.15, 0.2) is 18.2 Å². The van der Waals surface area contributed by atoms with Crippen molar-refractivity contribution in [3.8, 4) is 5.75 Å². The van der Waals surface area contributed by atoms with Crippen molar-refractivity contribution in [3.63, 3.8) is 0 Å². The minimum Gasteiger partial charge on any atom is -0.495 e. The van der Waals surface area contributed by atoms with E-state index in [2.05, 4.69) is 10.6 Å². The van der Waals surface area contributed by atoms with Crippen molar-refractivity contribution in [2.24, 2.45) is 5.92 Å². The van der Waals surface area contributed by atoms with E-state index in [9.17, 15) is 4.79 Å². The molecule has 1 aliphatic rings. The summed E-state index contributed by atoms with van der Waals surface area (Å²) in [6, 6.07) is 4.93. The lowest BCUT2D eigenvalue weighted by Gasteiger charge is -2.22. The molecule has 2 N–H and O–H groups in total. The molecule has 1 fully saturated rings. The molecule has 0 radical (unpaired) electrons. The fourth-order valence-corrected chi connectivity index (χ4v) is 2.74. The largest absolute Gasteiger partial charge is 0.495 e. The van der Waals surface area contributed by atoms with Gasteiger partial charge in [0, 0.05) is 11.6 Å². The Morgan fingerprint density at radius 2 is 2.10 bits per heavy atom. The van der Waals surface area contributed by atoms with Crippen LogP contribution in [0, 0.1) is 5.92 Å². The summed E-state index contributed by atoms with van der Waals surface area (Å²) in [4.78, 5) is 11.9. The Morgan fingerprint density at radius 1 is 1.35 bits per heavy atom. The van der Waals surface area contributed by atoms with Crippen LogP contribution >= 0.6 is 11.6 Å². The van der Waals surface area contributed by atoms with Gasteiger partial charge >= 0.3 is 6.03 Å². The van der Waals surface area contributed by atoms with Gasteiger partial charge in [-0.3, -0.25) is 0 Å². The third-order valence-corrected chi connectivity index (χ3v) is 3.92. The molecule has 5 heteroatoms. The SMILES string of the molecule is COc1ccc(Cl)cc1NC(=O)NCC1CCCCC1.